The van der Waals surface area contributed by atoms with Gasteiger partial charge in [-0.15, -0.1) is 0 Å². The zero-order chi connectivity index (χ0) is 40.0. The smallest absolute Gasteiger partial charge is 0.165 e. The molecule has 0 radical (unpaired) electrons. The van der Waals surface area contributed by atoms with Crippen LogP contribution >= 0.6 is 0 Å². The summed E-state index contributed by atoms with van der Waals surface area (Å²) in [5.74, 6) is 2.15. The highest BCUT2D eigenvalue weighted by atomic mass is 19.1. The van der Waals surface area contributed by atoms with Crippen LogP contribution < -0.4 is 0 Å². The van der Waals surface area contributed by atoms with Gasteiger partial charge in [-0.2, -0.15) is 0 Å². The van der Waals surface area contributed by atoms with E-state index in [4.69, 9.17) is 19.9 Å². The first-order chi connectivity index (χ1) is 29.6. The summed E-state index contributed by atoms with van der Waals surface area (Å²) in [6, 6.07) is 62.3. The van der Waals surface area contributed by atoms with Crippen molar-refractivity contribution >= 4 is 0 Å². The van der Waals surface area contributed by atoms with Crippen molar-refractivity contribution in [1.29, 1.82) is 0 Å². The number of pyridine rings is 1. The summed E-state index contributed by atoms with van der Waals surface area (Å²) in [7, 11) is 0. The van der Waals surface area contributed by atoms with Crippen LogP contribution in [-0.2, 0) is 0 Å². The number of benzene rings is 7. The molecule has 9 aromatic rings. The fourth-order valence-electron chi connectivity index (χ4n) is 9.22. The van der Waals surface area contributed by atoms with Crippen molar-refractivity contribution < 1.29 is 4.39 Å². The number of halogens is 1. The second-order valence-electron chi connectivity index (χ2n) is 16.0. The van der Waals surface area contributed by atoms with Crippen molar-refractivity contribution in [2.24, 2.45) is 0 Å². The molecule has 2 bridgehead atoms. The van der Waals surface area contributed by atoms with Crippen LogP contribution in [0.25, 0.3) is 89.9 Å². The molecule has 2 aliphatic rings. The van der Waals surface area contributed by atoms with Gasteiger partial charge in [-0.25, -0.2) is 19.3 Å². The van der Waals surface area contributed by atoms with Crippen LogP contribution in [0.5, 0.6) is 0 Å². The zero-order valence-electron chi connectivity index (χ0n) is 32.8. The molecule has 2 aliphatic carbocycles. The molecule has 11 rings (SSSR count). The van der Waals surface area contributed by atoms with E-state index in [2.05, 4.69) is 133 Å². The monoisotopic (exact) mass is 774 g/mol. The van der Waals surface area contributed by atoms with Gasteiger partial charge < -0.3 is 0 Å². The van der Waals surface area contributed by atoms with Crippen molar-refractivity contribution in [3.05, 3.63) is 205 Å². The van der Waals surface area contributed by atoms with Gasteiger partial charge in [0.15, 0.2) is 17.5 Å². The maximum atomic E-state index is 16.3. The highest BCUT2D eigenvalue weighted by Gasteiger charge is 2.37. The van der Waals surface area contributed by atoms with Gasteiger partial charge in [-0.3, -0.25) is 4.98 Å². The van der Waals surface area contributed by atoms with Crippen molar-refractivity contribution in [2.45, 2.75) is 31.1 Å². The van der Waals surface area contributed by atoms with Gasteiger partial charge in [0.1, 0.15) is 11.5 Å². The summed E-state index contributed by atoms with van der Waals surface area (Å²) in [6.07, 6.45) is 5.37. The Hall–Kier alpha value is -7.37. The Balaban J connectivity index is 1.00. The molecule has 286 valence electrons. The van der Waals surface area contributed by atoms with E-state index in [1.54, 1.807) is 6.20 Å². The molecule has 1 saturated carbocycles. The zero-order valence-corrected chi connectivity index (χ0v) is 32.8. The molecule has 2 unspecified atom stereocenters. The third kappa shape index (κ3) is 6.78. The van der Waals surface area contributed by atoms with Gasteiger partial charge in [0.05, 0.1) is 0 Å². The molecule has 1 fully saturated rings. The lowest BCUT2D eigenvalue weighted by Gasteiger charge is -2.16. The number of fused-ring (bicyclic) bond motifs is 5. The lowest BCUT2D eigenvalue weighted by atomic mass is 9.90. The maximum absolute atomic E-state index is 16.3. The molecule has 0 aliphatic heterocycles. The van der Waals surface area contributed by atoms with E-state index in [-0.39, 0.29) is 0 Å². The van der Waals surface area contributed by atoms with Gasteiger partial charge in [-0.1, -0.05) is 146 Å². The average molecular weight is 775 g/mol. The second kappa shape index (κ2) is 15.1. The summed E-state index contributed by atoms with van der Waals surface area (Å²) in [4.78, 5) is 19.8. The fourth-order valence-corrected chi connectivity index (χ4v) is 9.22. The predicted octanol–water partition coefficient (Wildman–Crippen LogP) is 14.1. The largest absolute Gasteiger partial charge is 0.252 e. The number of hydrogen-bond donors (Lipinski definition) is 0. The summed E-state index contributed by atoms with van der Waals surface area (Å²) >= 11 is 0. The lowest BCUT2D eigenvalue weighted by molar-refractivity contribution is 0.626. The average Bonchev–Trinajstić information content (AvgIpc) is 3.95. The van der Waals surface area contributed by atoms with Crippen LogP contribution in [0.15, 0.2) is 188 Å². The standard InChI is InChI=1S/C55H39FN4/c56-51-33-48(34-57-52(51)45-25-26-49-43-23-24-44(31-43)50(49)32-45)55-59-53(46-21-9-19-41(29-46)39-17-7-15-37(27-39)35-11-3-1-4-12-35)58-54(60-55)47-22-10-20-42(30-47)40-18-8-16-38(28-40)36-13-5-2-6-14-36/h1-22,25-30,32-34,43-44H,23-24,31H2. The van der Waals surface area contributed by atoms with E-state index in [0.29, 0.717) is 40.6 Å². The van der Waals surface area contributed by atoms with Crippen LogP contribution in [0.4, 0.5) is 4.39 Å². The van der Waals surface area contributed by atoms with Crippen molar-refractivity contribution in [1.82, 2.24) is 19.9 Å². The Kier molecular flexibility index (Phi) is 9.00. The van der Waals surface area contributed by atoms with Crippen LogP contribution in [0.3, 0.4) is 0 Å². The van der Waals surface area contributed by atoms with E-state index < -0.39 is 5.82 Å². The van der Waals surface area contributed by atoms with Gasteiger partial charge >= 0.3 is 0 Å². The van der Waals surface area contributed by atoms with Gasteiger partial charge in [0.2, 0.25) is 0 Å². The molecule has 60 heavy (non-hydrogen) atoms. The quantitative estimate of drug-likeness (QED) is 0.154. The molecule has 2 heterocycles. The molecule has 4 nitrogen and oxygen atoms in total. The third-order valence-corrected chi connectivity index (χ3v) is 12.3. The number of nitrogens with zero attached hydrogens (tertiary/aromatic N) is 4. The van der Waals surface area contributed by atoms with E-state index in [9.17, 15) is 0 Å². The molecule has 2 atom stereocenters. The summed E-state index contributed by atoms with van der Waals surface area (Å²) in [6.45, 7) is 0. The van der Waals surface area contributed by atoms with Crippen LogP contribution in [0.2, 0.25) is 0 Å². The Labute approximate surface area is 349 Å². The normalized spacial score (nSPS) is 15.2. The van der Waals surface area contributed by atoms with Gasteiger partial charge in [-0.05, 0) is 123 Å². The Morgan fingerprint density at radius 1 is 0.350 bits per heavy atom. The highest BCUT2D eigenvalue weighted by molar-refractivity contribution is 5.79. The number of aromatic nitrogens is 4. The molecule has 0 saturated heterocycles. The first-order valence-corrected chi connectivity index (χ1v) is 20.7. The molecule has 5 heteroatoms. The minimum absolute atomic E-state index is 0.342. The van der Waals surface area contributed by atoms with Crippen LogP contribution in [-0.4, -0.2) is 19.9 Å². The minimum atomic E-state index is -0.403. The predicted molar refractivity (Wildman–Crippen MR) is 240 cm³/mol. The van der Waals surface area contributed by atoms with Crippen molar-refractivity contribution in [2.75, 3.05) is 0 Å². The summed E-state index contributed by atoms with van der Waals surface area (Å²) < 4.78 is 16.3. The first-order valence-electron chi connectivity index (χ1n) is 20.7. The van der Waals surface area contributed by atoms with E-state index in [1.807, 2.05) is 42.5 Å². The number of hydrogen-bond acceptors (Lipinski definition) is 4. The number of rotatable bonds is 8. The third-order valence-electron chi connectivity index (χ3n) is 12.3. The maximum Gasteiger partial charge on any atom is 0.165 e. The van der Waals surface area contributed by atoms with Gasteiger partial charge in [0.25, 0.3) is 0 Å². The van der Waals surface area contributed by atoms with Gasteiger partial charge in [0, 0.05) is 28.5 Å². The minimum Gasteiger partial charge on any atom is -0.252 e. The van der Waals surface area contributed by atoms with Crippen LogP contribution in [0.1, 0.15) is 42.2 Å². The summed E-state index contributed by atoms with van der Waals surface area (Å²) in [5.41, 5.74) is 14.9. The van der Waals surface area contributed by atoms with E-state index >= 15 is 4.39 Å². The Morgan fingerprint density at radius 2 is 0.767 bits per heavy atom. The molecule has 7 aromatic carbocycles. The highest BCUT2D eigenvalue weighted by Crippen LogP contribution is 2.53. The topological polar surface area (TPSA) is 51.6 Å². The first kappa shape index (κ1) is 35.8. The second-order valence-corrected chi connectivity index (χ2v) is 16.0. The molecule has 0 N–H and O–H groups in total. The van der Waals surface area contributed by atoms with E-state index in [0.717, 1.165) is 61.2 Å². The van der Waals surface area contributed by atoms with Crippen molar-refractivity contribution in [3.63, 3.8) is 0 Å². The molecule has 0 amide bonds. The molecular weight excluding hydrogens is 736 g/mol. The molecular formula is C55H39FN4. The Morgan fingerprint density at radius 3 is 1.27 bits per heavy atom. The van der Waals surface area contributed by atoms with E-state index in [1.165, 1.54) is 36.5 Å². The molecule has 0 spiro atoms. The molecule has 2 aromatic heterocycles. The summed E-state index contributed by atoms with van der Waals surface area (Å²) in [5, 5.41) is 0. The Bertz CT molecular complexity index is 2910. The van der Waals surface area contributed by atoms with Crippen molar-refractivity contribution in [3.8, 4) is 89.9 Å². The SMILES string of the molecule is Fc1cc(-c2nc(-c3cccc(-c4cccc(-c5ccccc5)c4)c3)nc(-c3cccc(-c4cccc(-c5ccccc5)c4)c3)n2)cnc1-c1ccc2c(c1)C1CCC2C1. The fraction of sp³-hybridized carbons (Fsp3) is 0.0909. The van der Waals surface area contributed by atoms with Crippen LogP contribution in [0, 0.1) is 5.82 Å². The lowest BCUT2D eigenvalue weighted by Crippen LogP contribution is -2.02.